The molecule has 1 amide bonds. The summed E-state index contributed by atoms with van der Waals surface area (Å²) in [4.78, 5) is 12.7. The van der Waals surface area contributed by atoms with E-state index in [0.29, 0.717) is 0 Å². The van der Waals surface area contributed by atoms with Gasteiger partial charge in [0.25, 0.3) is 0 Å². The molecular weight excluding hydrogens is 236 g/mol. The third kappa shape index (κ3) is 2.22. The summed E-state index contributed by atoms with van der Waals surface area (Å²) < 4.78 is 0. The van der Waals surface area contributed by atoms with Crippen LogP contribution in [0.3, 0.4) is 0 Å². The third-order valence-electron chi connectivity index (χ3n) is 4.67. The van der Waals surface area contributed by atoms with Gasteiger partial charge in [0.2, 0.25) is 5.91 Å². The van der Waals surface area contributed by atoms with Gasteiger partial charge < -0.3 is 10.6 Å². The van der Waals surface area contributed by atoms with E-state index in [4.69, 9.17) is 0 Å². The van der Waals surface area contributed by atoms with Crippen molar-refractivity contribution >= 4 is 17.3 Å². The van der Waals surface area contributed by atoms with Crippen LogP contribution in [0.5, 0.6) is 0 Å². The molecule has 0 bridgehead atoms. The quantitative estimate of drug-likeness (QED) is 0.745. The van der Waals surface area contributed by atoms with Gasteiger partial charge in [-0.15, -0.1) is 0 Å². The molecule has 2 N–H and O–H groups in total. The molecule has 1 aliphatic carbocycles. The highest BCUT2D eigenvalue weighted by molar-refractivity contribution is 6.00. The molecule has 0 radical (unpaired) electrons. The molecule has 0 aromatic heterocycles. The average molecular weight is 258 g/mol. The van der Waals surface area contributed by atoms with Crippen molar-refractivity contribution in [2.75, 3.05) is 17.2 Å². The van der Waals surface area contributed by atoms with Crippen LogP contribution in [0.2, 0.25) is 0 Å². The number of aryl methyl sites for hydroxylation is 1. The molecule has 0 saturated heterocycles. The number of para-hydroxylation sites is 1. The second kappa shape index (κ2) is 4.87. The molecule has 1 fully saturated rings. The first-order valence-corrected chi connectivity index (χ1v) is 7.36. The Labute approximate surface area is 114 Å². The Bertz CT molecular complexity index is 488. The minimum atomic E-state index is -0.206. The summed E-state index contributed by atoms with van der Waals surface area (Å²) in [6, 6.07) is 6.14. The zero-order valence-electron chi connectivity index (χ0n) is 11.6. The molecule has 1 spiro atoms. The Kier molecular flexibility index (Phi) is 3.21. The van der Waals surface area contributed by atoms with Crippen LogP contribution >= 0.6 is 0 Å². The van der Waals surface area contributed by atoms with E-state index in [9.17, 15) is 4.79 Å². The fraction of sp³-hybridized carbons (Fsp3) is 0.562. The van der Waals surface area contributed by atoms with Crippen molar-refractivity contribution in [1.29, 1.82) is 0 Å². The van der Waals surface area contributed by atoms with E-state index in [2.05, 4.69) is 16.7 Å². The van der Waals surface area contributed by atoms with E-state index in [0.717, 1.165) is 36.3 Å². The highest BCUT2D eigenvalue weighted by atomic mass is 16.2. The van der Waals surface area contributed by atoms with Crippen molar-refractivity contribution < 1.29 is 4.79 Å². The van der Waals surface area contributed by atoms with E-state index < -0.39 is 0 Å². The van der Waals surface area contributed by atoms with E-state index in [1.807, 2.05) is 19.1 Å². The van der Waals surface area contributed by atoms with Crippen LogP contribution in [0.25, 0.3) is 0 Å². The molecule has 1 aromatic carbocycles. The minimum absolute atomic E-state index is 0.206. The molecule has 1 aliphatic heterocycles. The van der Waals surface area contributed by atoms with Gasteiger partial charge in [0.05, 0.1) is 16.8 Å². The van der Waals surface area contributed by atoms with E-state index in [-0.39, 0.29) is 11.3 Å². The number of fused-ring (bicyclic) bond motifs is 1. The first-order chi connectivity index (χ1) is 9.21. The molecule has 3 nitrogen and oxygen atoms in total. The minimum Gasteiger partial charge on any atom is -0.382 e. The summed E-state index contributed by atoms with van der Waals surface area (Å²) in [6.45, 7) is 2.82. The number of anilines is 2. The lowest BCUT2D eigenvalue weighted by Crippen LogP contribution is -2.39. The van der Waals surface area contributed by atoms with Gasteiger partial charge in [-0.1, -0.05) is 37.8 Å². The van der Waals surface area contributed by atoms with E-state index in [1.165, 1.54) is 25.7 Å². The van der Waals surface area contributed by atoms with Gasteiger partial charge >= 0.3 is 0 Å². The Morgan fingerprint density at radius 2 is 1.84 bits per heavy atom. The number of rotatable bonds is 0. The number of hydrogen-bond donors (Lipinski definition) is 2. The molecule has 3 rings (SSSR count). The van der Waals surface area contributed by atoms with Crippen LogP contribution < -0.4 is 10.6 Å². The smallest absolute Gasteiger partial charge is 0.232 e. The summed E-state index contributed by atoms with van der Waals surface area (Å²) in [5.74, 6) is 0.218. The van der Waals surface area contributed by atoms with Crippen molar-refractivity contribution in [2.45, 2.75) is 45.4 Å². The van der Waals surface area contributed by atoms with Gasteiger partial charge in [-0.3, -0.25) is 4.79 Å². The van der Waals surface area contributed by atoms with Gasteiger partial charge in [-0.05, 0) is 31.4 Å². The lowest BCUT2D eigenvalue weighted by Gasteiger charge is -2.29. The largest absolute Gasteiger partial charge is 0.382 e. The molecule has 1 saturated carbocycles. The maximum Gasteiger partial charge on any atom is 0.232 e. The maximum absolute atomic E-state index is 12.7. The molecular formula is C16H22N2O. The van der Waals surface area contributed by atoms with E-state index in [1.54, 1.807) is 0 Å². The molecule has 2 aliphatic rings. The lowest BCUT2D eigenvalue weighted by atomic mass is 9.79. The molecule has 0 unspecified atom stereocenters. The monoisotopic (exact) mass is 258 g/mol. The summed E-state index contributed by atoms with van der Waals surface area (Å²) in [5.41, 5.74) is 2.95. The maximum atomic E-state index is 12.7. The van der Waals surface area contributed by atoms with Crippen LogP contribution in [-0.2, 0) is 4.79 Å². The topological polar surface area (TPSA) is 41.1 Å². The number of carbonyl (C=O) groups is 1. The number of hydrogen-bond acceptors (Lipinski definition) is 2. The lowest BCUT2D eigenvalue weighted by molar-refractivity contribution is -0.125. The van der Waals surface area contributed by atoms with Gasteiger partial charge in [0.1, 0.15) is 0 Å². The summed E-state index contributed by atoms with van der Waals surface area (Å²) in [6.07, 6.45) is 6.90. The highest BCUT2D eigenvalue weighted by Crippen LogP contribution is 2.40. The normalized spacial score (nSPS) is 21.8. The molecule has 3 heteroatoms. The molecule has 19 heavy (non-hydrogen) atoms. The Morgan fingerprint density at radius 3 is 2.58 bits per heavy atom. The van der Waals surface area contributed by atoms with Crippen molar-refractivity contribution in [1.82, 2.24) is 0 Å². The SMILES string of the molecule is Cc1cccc2c1NC(=O)C1(CCCCCC1)CN2. The Hall–Kier alpha value is -1.51. The summed E-state index contributed by atoms with van der Waals surface area (Å²) in [5, 5.41) is 6.68. The van der Waals surface area contributed by atoms with Gasteiger partial charge in [0, 0.05) is 6.54 Å². The van der Waals surface area contributed by atoms with Gasteiger partial charge in [0.15, 0.2) is 0 Å². The van der Waals surface area contributed by atoms with Gasteiger partial charge in [-0.2, -0.15) is 0 Å². The van der Waals surface area contributed by atoms with Crippen molar-refractivity contribution in [2.24, 2.45) is 5.41 Å². The molecule has 102 valence electrons. The molecule has 1 aromatic rings. The average Bonchev–Trinajstić information content (AvgIpc) is 2.72. The highest BCUT2D eigenvalue weighted by Gasteiger charge is 2.40. The second-order valence-corrected chi connectivity index (χ2v) is 6.00. The summed E-state index contributed by atoms with van der Waals surface area (Å²) >= 11 is 0. The Balaban J connectivity index is 1.93. The standard InChI is InChI=1S/C16H22N2O/c1-12-7-6-8-13-14(12)18-15(19)16(11-17-13)9-4-2-3-5-10-16/h6-8,17H,2-5,9-11H2,1H3,(H,18,19). The number of benzene rings is 1. The van der Waals surface area contributed by atoms with Crippen LogP contribution in [0.4, 0.5) is 11.4 Å². The number of nitrogens with one attached hydrogen (secondary N) is 2. The third-order valence-corrected chi connectivity index (χ3v) is 4.67. The predicted molar refractivity (Wildman–Crippen MR) is 78.4 cm³/mol. The predicted octanol–water partition coefficient (Wildman–Crippen LogP) is 3.70. The first-order valence-electron chi connectivity index (χ1n) is 7.36. The zero-order valence-corrected chi connectivity index (χ0v) is 11.6. The second-order valence-electron chi connectivity index (χ2n) is 6.00. The fourth-order valence-corrected chi connectivity index (χ4v) is 3.38. The van der Waals surface area contributed by atoms with Crippen LogP contribution in [0.15, 0.2) is 18.2 Å². The first kappa shape index (κ1) is 12.5. The van der Waals surface area contributed by atoms with Crippen LogP contribution in [0, 0.1) is 12.3 Å². The number of carbonyl (C=O) groups excluding carboxylic acids is 1. The van der Waals surface area contributed by atoms with E-state index >= 15 is 0 Å². The molecule has 0 atom stereocenters. The summed E-state index contributed by atoms with van der Waals surface area (Å²) in [7, 11) is 0. The van der Waals surface area contributed by atoms with Crippen LogP contribution in [0.1, 0.15) is 44.1 Å². The fourth-order valence-electron chi connectivity index (χ4n) is 3.38. The zero-order chi connectivity index (χ0) is 13.3. The van der Waals surface area contributed by atoms with Crippen molar-refractivity contribution in [3.05, 3.63) is 23.8 Å². The van der Waals surface area contributed by atoms with Crippen LogP contribution in [-0.4, -0.2) is 12.5 Å². The van der Waals surface area contributed by atoms with Gasteiger partial charge in [-0.25, -0.2) is 0 Å². The van der Waals surface area contributed by atoms with Crippen molar-refractivity contribution in [3.8, 4) is 0 Å². The Morgan fingerprint density at radius 1 is 1.11 bits per heavy atom. The van der Waals surface area contributed by atoms with Crippen molar-refractivity contribution in [3.63, 3.8) is 0 Å². The molecule has 1 heterocycles. The number of amides is 1.